The molecule has 33 heavy (non-hydrogen) atoms. The highest BCUT2D eigenvalue weighted by molar-refractivity contribution is 7.91. The highest BCUT2D eigenvalue weighted by Gasteiger charge is 2.20. The second-order valence-electron chi connectivity index (χ2n) is 6.81. The summed E-state index contributed by atoms with van der Waals surface area (Å²) in [6, 6.07) is 14.6. The highest BCUT2D eigenvalue weighted by Crippen LogP contribution is 2.28. The normalized spacial score (nSPS) is 11.6. The van der Waals surface area contributed by atoms with Gasteiger partial charge >= 0.3 is 0 Å². The maximum absolute atomic E-state index is 12.4. The van der Waals surface area contributed by atoms with E-state index in [1.165, 1.54) is 13.0 Å². The summed E-state index contributed by atoms with van der Waals surface area (Å²) in [5, 5.41) is 11.7. The molecule has 0 saturated heterocycles. The lowest BCUT2D eigenvalue weighted by atomic mass is 10.1. The van der Waals surface area contributed by atoms with Crippen LogP contribution in [0, 0.1) is 18.3 Å². The second-order valence-corrected chi connectivity index (χ2v) is 10.1. The molecule has 0 atom stereocenters. The number of anilines is 1. The molecule has 1 aromatic heterocycles. The maximum Gasteiger partial charge on any atom is 0.268 e. The molecule has 1 amide bonds. The Balaban J connectivity index is 1.71. The Morgan fingerprint density at radius 2 is 2.06 bits per heavy atom. The van der Waals surface area contributed by atoms with E-state index >= 15 is 0 Å². The SMILES string of the molecule is CCS(=O)(=O)c1nsc(NC(=O)C(C#N)=Cc2ccc(OCc3ccccc3C)c(Cl)c2)n1. The number of amides is 1. The van der Waals surface area contributed by atoms with Crippen LogP contribution in [0.1, 0.15) is 23.6 Å². The van der Waals surface area contributed by atoms with Gasteiger partial charge in [0.05, 0.1) is 10.8 Å². The van der Waals surface area contributed by atoms with Crippen LogP contribution in [-0.2, 0) is 21.2 Å². The number of sulfone groups is 1. The minimum absolute atomic E-state index is 0.0221. The van der Waals surface area contributed by atoms with Crippen LogP contribution < -0.4 is 10.1 Å². The third-order valence-corrected chi connectivity index (χ3v) is 7.10. The molecule has 170 valence electrons. The van der Waals surface area contributed by atoms with Gasteiger partial charge in [0.15, 0.2) is 0 Å². The lowest BCUT2D eigenvalue weighted by molar-refractivity contribution is -0.112. The number of ether oxygens (including phenoxy) is 1. The Hall–Kier alpha value is -3.26. The zero-order valence-corrected chi connectivity index (χ0v) is 20.1. The molecule has 8 nitrogen and oxygen atoms in total. The first-order valence-corrected chi connectivity index (χ1v) is 12.5. The van der Waals surface area contributed by atoms with Gasteiger partial charge in [0.25, 0.3) is 11.1 Å². The van der Waals surface area contributed by atoms with Crippen molar-refractivity contribution in [3.8, 4) is 11.8 Å². The van der Waals surface area contributed by atoms with Crippen LogP contribution in [0.3, 0.4) is 0 Å². The van der Waals surface area contributed by atoms with Gasteiger partial charge in [-0.05, 0) is 41.8 Å². The van der Waals surface area contributed by atoms with E-state index in [1.54, 1.807) is 18.2 Å². The molecule has 0 aliphatic carbocycles. The van der Waals surface area contributed by atoms with Crippen molar-refractivity contribution in [1.82, 2.24) is 9.36 Å². The Labute approximate surface area is 200 Å². The van der Waals surface area contributed by atoms with E-state index in [1.807, 2.05) is 37.3 Å². The Bertz CT molecular complexity index is 1360. The first-order valence-electron chi connectivity index (χ1n) is 9.70. The van der Waals surface area contributed by atoms with Crippen molar-refractivity contribution >= 4 is 50.1 Å². The van der Waals surface area contributed by atoms with Crippen molar-refractivity contribution in [2.24, 2.45) is 0 Å². The monoisotopic (exact) mass is 502 g/mol. The van der Waals surface area contributed by atoms with Crippen molar-refractivity contribution in [1.29, 1.82) is 5.26 Å². The van der Waals surface area contributed by atoms with Crippen LogP contribution in [0.5, 0.6) is 5.75 Å². The molecule has 0 radical (unpaired) electrons. The number of nitrogens with one attached hydrogen (secondary N) is 1. The number of rotatable bonds is 8. The molecule has 0 aliphatic rings. The lowest BCUT2D eigenvalue weighted by Gasteiger charge is -2.10. The number of halogens is 1. The average Bonchev–Trinajstić information content (AvgIpc) is 3.27. The van der Waals surface area contributed by atoms with Crippen LogP contribution in [0.2, 0.25) is 5.02 Å². The molecule has 0 unspecified atom stereocenters. The minimum atomic E-state index is -3.59. The Kier molecular flexibility index (Phi) is 7.81. The van der Waals surface area contributed by atoms with E-state index in [0.717, 1.165) is 11.1 Å². The van der Waals surface area contributed by atoms with Gasteiger partial charge in [-0.2, -0.15) is 14.6 Å². The standard InChI is InChI=1S/C22H19ClN4O4S2/c1-3-33(29,30)22-26-21(32-27-22)25-20(28)17(12-24)10-15-8-9-19(18(23)11-15)31-13-16-7-5-4-6-14(16)2/h4-11H,3,13H2,1-2H3,(H,25,26,27,28). The fourth-order valence-electron chi connectivity index (χ4n) is 2.65. The Morgan fingerprint density at radius 1 is 1.30 bits per heavy atom. The van der Waals surface area contributed by atoms with E-state index in [2.05, 4.69) is 14.7 Å². The molecular formula is C22H19ClN4O4S2. The number of hydrogen-bond acceptors (Lipinski definition) is 8. The molecule has 0 bridgehead atoms. The third-order valence-electron chi connectivity index (χ3n) is 4.56. The van der Waals surface area contributed by atoms with Crippen LogP contribution in [-0.4, -0.2) is 29.4 Å². The fourth-order valence-corrected chi connectivity index (χ4v) is 4.47. The molecule has 0 saturated carbocycles. The maximum atomic E-state index is 12.4. The van der Waals surface area contributed by atoms with Gasteiger partial charge in [-0.25, -0.2) is 8.42 Å². The number of carbonyl (C=O) groups is 1. The third kappa shape index (κ3) is 6.16. The van der Waals surface area contributed by atoms with Crippen LogP contribution in [0.25, 0.3) is 6.08 Å². The summed E-state index contributed by atoms with van der Waals surface area (Å²) >= 11 is 7.04. The van der Waals surface area contributed by atoms with Crippen molar-refractivity contribution in [2.75, 3.05) is 11.1 Å². The van der Waals surface area contributed by atoms with Gasteiger partial charge in [-0.15, -0.1) is 0 Å². The lowest BCUT2D eigenvalue weighted by Crippen LogP contribution is -2.13. The molecule has 3 aromatic rings. The van der Waals surface area contributed by atoms with Gasteiger partial charge < -0.3 is 4.74 Å². The van der Waals surface area contributed by atoms with Crippen molar-refractivity contribution in [3.05, 3.63) is 69.8 Å². The number of benzene rings is 2. The van der Waals surface area contributed by atoms with Crippen molar-refractivity contribution < 1.29 is 17.9 Å². The predicted molar refractivity (Wildman–Crippen MR) is 127 cm³/mol. The Morgan fingerprint density at radius 3 is 2.73 bits per heavy atom. The van der Waals surface area contributed by atoms with E-state index in [-0.39, 0.29) is 21.6 Å². The molecule has 0 fully saturated rings. The molecule has 3 rings (SSSR count). The molecular weight excluding hydrogens is 484 g/mol. The topological polar surface area (TPSA) is 122 Å². The van der Waals surface area contributed by atoms with E-state index in [0.29, 0.717) is 34.5 Å². The van der Waals surface area contributed by atoms with E-state index in [4.69, 9.17) is 16.3 Å². The number of hydrogen-bond donors (Lipinski definition) is 1. The summed E-state index contributed by atoms with van der Waals surface area (Å²) in [5.41, 5.74) is 2.44. The van der Waals surface area contributed by atoms with Crippen LogP contribution >= 0.6 is 23.1 Å². The largest absolute Gasteiger partial charge is 0.487 e. The zero-order chi connectivity index (χ0) is 24.0. The summed E-state index contributed by atoms with van der Waals surface area (Å²) in [5.74, 6) is -0.435. The molecule has 0 aliphatic heterocycles. The minimum Gasteiger partial charge on any atom is -0.487 e. The summed E-state index contributed by atoms with van der Waals surface area (Å²) in [6.07, 6.45) is 1.36. The number of nitriles is 1. The molecule has 2 aromatic carbocycles. The predicted octanol–water partition coefficient (Wildman–Crippen LogP) is 4.42. The number of aryl methyl sites for hydroxylation is 1. The molecule has 11 heteroatoms. The second kappa shape index (κ2) is 10.6. The summed E-state index contributed by atoms with van der Waals surface area (Å²) < 4.78 is 33.2. The summed E-state index contributed by atoms with van der Waals surface area (Å²) in [6.45, 7) is 3.81. The average molecular weight is 503 g/mol. The number of carbonyl (C=O) groups excluding carboxylic acids is 1. The first kappa shape index (κ1) is 24.4. The summed E-state index contributed by atoms with van der Waals surface area (Å²) in [7, 11) is -3.59. The van der Waals surface area contributed by atoms with E-state index < -0.39 is 15.7 Å². The molecule has 0 spiro atoms. The fraction of sp³-hybridized carbons (Fsp3) is 0.182. The zero-order valence-electron chi connectivity index (χ0n) is 17.7. The number of aromatic nitrogens is 2. The van der Waals surface area contributed by atoms with Gasteiger partial charge in [0, 0.05) is 11.5 Å². The van der Waals surface area contributed by atoms with Gasteiger partial charge in [-0.3, -0.25) is 10.1 Å². The molecule has 1 N–H and O–H groups in total. The van der Waals surface area contributed by atoms with Gasteiger partial charge in [-0.1, -0.05) is 48.9 Å². The van der Waals surface area contributed by atoms with E-state index in [9.17, 15) is 18.5 Å². The van der Waals surface area contributed by atoms with Gasteiger partial charge in [0.2, 0.25) is 15.0 Å². The van der Waals surface area contributed by atoms with Crippen LogP contribution in [0.15, 0.2) is 53.2 Å². The highest BCUT2D eigenvalue weighted by atomic mass is 35.5. The number of nitrogens with zero attached hydrogens (tertiary/aromatic N) is 3. The van der Waals surface area contributed by atoms with Crippen LogP contribution in [0.4, 0.5) is 5.13 Å². The quantitative estimate of drug-likeness (QED) is 0.357. The molecule has 1 heterocycles. The smallest absolute Gasteiger partial charge is 0.268 e. The first-order chi connectivity index (χ1) is 15.7. The van der Waals surface area contributed by atoms with Crippen molar-refractivity contribution in [3.63, 3.8) is 0 Å². The van der Waals surface area contributed by atoms with Gasteiger partial charge in [0.1, 0.15) is 24.0 Å². The van der Waals surface area contributed by atoms with Crippen molar-refractivity contribution in [2.45, 2.75) is 25.6 Å². The summed E-state index contributed by atoms with van der Waals surface area (Å²) in [4.78, 5) is 16.3.